The van der Waals surface area contributed by atoms with Crippen molar-refractivity contribution in [3.63, 3.8) is 0 Å². The summed E-state index contributed by atoms with van der Waals surface area (Å²) in [4.78, 5) is 0. The van der Waals surface area contributed by atoms with Crippen molar-refractivity contribution in [1.29, 1.82) is 0 Å². The van der Waals surface area contributed by atoms with Gasteiger partial charge in [0.25, 0.3) is 0 Å². The fourth-order valence-corrected chi connectivity index (χ4v) is 0.764. The summed E-state index contributed by atoms with van der Waals surface area (Å²) < 4.78 is 0. The molecule has 3 N–H and O–H groups in total. The fourth-order valence-electron chi connectivity index (χ4n) is 0.764. The van der Waals surface area contributed by atoms with E-state index >= 15 is 0 Å². The highest BCUT2D eigenvalue weighted by molar-refractivity contribution is 5.11. The molecule has 1 heterocycles. The van der Waals surface area contributed by atoms with Gasteiger partial charge in [-0.2, -0.15) is 0 Å². The van der Waals surface area contributed by atoms with Crippen LogP contribution in [0.5, 0.6) is 0 Å². The van der Waals surface area contributed by atoms with E-state index in [9.17, 15) is 0 Å². The molecular formula is C7H13N3. The third-order valence-corrected chi connectivity index (χ3v) is 1.34. The van der Waals surface area contributed by atoms with E-state index in [1.807, 2.05) is 23.4 Å². The minimum absolute atomic E-state index is 0.434. The third-order valence-electron chi connectivity index (χ3n) is 1.34. The second-order valence-corrected chi connectivity index (χ2v) is 2.58. The van der Waals surface area contributed by atoms with E-state index < -0.39 is 0 Å². The number of nitrogens with zero attached hydrogens (tertiary/aromatic N) is 1. The number of rotatable bonds is 1. The fraction of sp³-hybridized carbons (Fsp3) is 0.429. The molecule has 0 amide bonds. The molecule has 3 heteroatoms. The topological polar surface area (TPSA) is 41.3 Å². The Morgan fingerprint density at radius 3 is 2.70 bits per heavy atom. The number of hydrazine groups is 1. The highest BCUT2D eigenvalue weighted by Crippen LogP contribution is 2.00. The molecule has 10 heavy (non-hydrogen) atoms. The quantitative estimate of drug-likeness (QED) is 0.556. The number of nitrogens with two attached hydrogens (primary N) is 1. The van der Waals surface area contributed by atoms with E-state index in [1.54, 1.807) is 0 Å². The van der Waals surface area contributed by atoms with Crippen molar-refractivity contribution in [3.05, 3.63) is 24.2 Å². The lowest BCUT2D eigenvalue weighted by Crippen LogP contribution is -2.41. The van der Waals surface area contributed by atoms with Crippen LogP contribution in [-0.4, -0.2) is 11.1 Å². The molecular weight excluding hydrogens is 126 g/mol. The van der Waals surface area contributed by atoms with Crippen molar-refractivity contribution in [2.24, 2.45) is 5.73 Å². The summed E-state index contributed by atoms with van der Waals surface area (Å²) in [5, 5.41) is 1.95. The second kappa shape index (κ2) is 2.64. The zero-order valence-electron chi connectivity index (χ0n) is 6.33. The summed E-state index contributed by atoms with van der Waals surface area (Å²) in [6.07, 6.45) is 5.71. The van der Waals surface area contributed by atoms with Gasteiger partial charge in [-0.3, -0.25) is 10.4 Å². The zero-order chi connectivity index (χ0) is 7.56. The minimum Gasteiger partial charge on any atom is -0.384 e. The van der Waals surface area contributed by atoms with Gasteiger partial charge in [-0.05, 0) is 26.0 Å². The molecule has 56 valence electrons. The molecule has 0 aromatic heterocycles. The molecule has 0 atom stereocenters. The molecule has 0 aromatic carbocycles. The first-order valence-electron chi connectivity index (χ1n) is 3.39. The Morgan fingerprint density at radius 2 is 2.30 bits per heavy atom. The molecule has 0 aliphatic carbocycles. The van der Waals surface area contributed by atoms with Gasteiger partial charge in [0.2, 0.25) is 0 Å². The van der Waals surface area contributed by atoms with Crippen molar-refractivity contribution in [1.82, 2.24) is 10.4 Å². The Kier molecular flexibility index (Phi) is 1.85. The number of nitrogens with one attached hydrogen (secondary N) is 1. The predicted octanol–water partition coefficient (Wildman–Crippen LogP) is 0.529. The lowest BCUT2D eigenvalue weighted by molar-refractivity contribution is 0.242. The highest BCUT2D eigenvalue weighted by atomic mass is 15.5. The summed E-state index contributed by atoms with van der Waals surface area (Å²) in [7, 11) is 0. The smallest absolute Gasteiger partial charge is 0.115 e. The summed E-state index contributed by atoms with van der Waals surface area (Å²) >= 11 is 0. The third kappa shape index (κ3) is 1.43. The molecule has 3 nitrogen and oxygen atoms in total. The van der Waals surface area contributed by atoms with Crippen LogP contribution in [0.2, 0.25) is 0 Å². The van der Waals surface area contributed by atoms with E-state index in [4.69, 9.17) is 5.73 Å². The average molecular weight is 139 g/mol. The number of hydrogen-bond acceptors (Lipinski definition) is 3. The van der Waals surface area contributed by atoms with Crippen molar-refractivity contribution in [3.8, 4) is 0 Å². The highest BCUT2D eigenvalue weighted by Gasteiger charge is 2.05. The maximum atomic E-state index is 5.52. The number of allylic oxidation sites excluding steroid dienone is 2. The Hall–Kier alpha value is -1.12. The van der Waals surface area contributed by atoms with Gasteiger partial charge in [0.1, 0.15) is 5.82 Å². The van der Waals surface area contributed by atoms with Crippen LogP contribution in [0, 0.1) is 0 Å². The van der Waals surface area contributed by atoms with Crippen molar-refractivity contribution in [2.75, 3.05) is 0 Å². The molecule has 1 aliphatic heterocycles. The van der Waals surface area contributed by atoms with Gasteiger partial charge < -0.3 is 5.73 Å². The molecule has 0 fully saturated rings. The monoisotopic (exact) mass is 139 g/mol. The summed E-state index contributed by atoms with van der Waals surface area (Å²) in [5.41, 5.74) is 8.52. The zero-order valence-corrected chi connectivity index (χ0v) is 6.33. The van der Waals surface area contributed by atoms with E-state index in [0.717, 1.165) is 0 Å². The molecule has 0 bridgehead atoms. The standard InChI is InChI=1S/C7H13N3/c1-6(2)10-5-3-4-7(8)9-10/h3-6,9H,8H2,1-2H3. The van der Waals surface area contributed by atoms with Gasteiger partial charge in [-0.25, -0.2) is 0 Å². The number of hydrogen-bond donors (Lipinski definition) is 2. The van der Waals surface area contributed by atoms with Crippen molar-refractivity contribution < 1.29 is 0 Å². The largest absolute Gasteiger partial charge is 0.384 e. The van der Waals surface area contributed by atoms with E-state index in [0.29, 0.717) is 11.9 Å². The van der Waals surface area contributed by atoms with E-state index in [1.165, 1.54) is 0 Å². The summed E-state index contributed by atoms with van der Waals surface area (Å²) in [6.45, 7) is 4.19. The van der Waals surface area contributed by atoms with Gasteiger partial charge in [-0.1, -0.05) is 0 Å². The van der Waals surface area contributed by atoms with E-state index in [-0.39, 0.29) is 0 Å². The molecule has 0 spiro atoms. The normalized spacial score (nSPS) is 17.1. The lowest BCUT2D eigenvalue weighted by atomic mass is 10.3. The van der Waals surface area contributed by atoms with Crippen LogP contribution >= 0.6 is 0 Å². The van der Waals surface area contributed by atoms with Gasteiger partial charge in [-0.15, -0.1) is 0 Å². The van der Waals surface area contributed by atoms with Crippen LogP contribution in [0.3, 0.4) is 0 Å². The first-order valence-corrected chi connectivity index (χ1v) is 3.39. The molecule has 0 saturated carbocycles. The van der Waals surface area contributed by atoms with Crippen LogP contribution < -0.4 is 11.2 Å². The van der Waals surface area contributed by atoms with Gasteiger partial charge in [0, 0.05) is 12.2 Å². The maximum Gasteiger partial charge on any atom is 0.115 e. The van der Waals surface area contributed by atoms with Crippen LogP contribution in [0.25, 0.3) is 0 Å². The van der Waals surface area contributed by atoms with Gasteiger partial charge >= 0.3 is 0 Å². The Bertz CT molecular complexity index is 170. The van der Waals surface area contributed by atoms with Gasteiger partial charge in [0.15, 0.2) is 0 Å². The van der Waals surface area contributed by atoms with Crippen LogP contribution in [-0.2, 0) is 0 Å². The first kappa shape index (κ1) is 6.99. The first-order chi connectivity index (χ1) is 4.70. The van der Waals surface area contributed by atoms with Crippen molar-refractivity contribution >= 4 is 0 Å². The average Bonchev–Trinajstić information content (AvgIpc) is 1.88. The SMILES string of the molecule is CC(C)N1C=CC=C(N)N1. The Balaban J connectivity index is 2.55. The molecule has 0 unspecified atom stereocenters. The summed E-state index contributed by atoms with van der Waals surface area (Å²) in [5.74, 6) is 0.691. The Labute approximate surface area is 61.2 Å². The van der Waals surface area contributed by atoms with Crippen LogP contribution in [0.15, 0.2) is 24.2 Å². The molecule has 0 radical (unpaired) electrons. The van der Waals surface area contributed by atoms with Crippen LogP contribution in [0.1, 0.15) is 13.8 Å². The predicted molar refractivity (Wildman–Crippen MR) is 41.5 cm³/mol. The van der Waals surface area contributed by atoms with Crippen LogP contribution in [0.4, 0.5) is 0 Å². The minimum atomic E-state index is 0.434. The summed E-state index contributed by atoms with van der Waals surface area (Å²) in [6, 6.07) is 0.434. The molecule has 0 aromatic rings. The molecule has 0 saturated heterocycles. The van der Waals surface area contributed by atoms with Gasteiger partial charge in [0.05, 0.1) is 0 Å². The lowest BCUT2D eigenvalue weighted by Gasteiger charge is -2.28. The molecule has 1 rings (SSSR count). The maximum absolute atomic E-state index is 5.52. The second-order valence-electron chi connectivity index (χ2n) is 2.58. The Morgan fingerprint density at radius 1 is 1.60 bits per heavy atom. The van der Waals surface area contributed by atoms with Crippen molar-refractivity contribution in [2.45, 2.75) is 19.9 Å². The van der Waals surface area contributed by atoms with E-state index in [2.05, 4.69) is 19.3 Å². The molecule has 1 aliphatic rings.